The number of hydrogen-bond donors (Lipinski definition) is 1. The standard InChI is InChI=1S/C20H20F3N5S/c1-13-8-14(16-11-25-18(29-16)12-28-6-2-3-7-28)10-15(9-13)26-19-24-5-4-17(27-19)20(21,22)23/h4-5,8-11H,2-3,6-7,12H2,1H3,(H,24,26,27). The summed E-state index contributed by atoms with van der Waals surface area (Å²) in [5.41, 5.74) is 1.60. The number of thiazole rings is 1. The molecule has 1 saturated heterocycles. The van der Waals surface area contributed by atoms with Crippen LogP contribution in [0.2, 0.25) is 0 Å². The van der Waals surface area contributed by atoms with Crippen LogP contribution in [0.5, 0.6) is 0 Å². The fraction of sp³-hybridized carbons (Fsp3) is 0.350. The number of rotatable bonds is 5. The molecule has 1 aromatic carbocycles. The summed E-state index contributed by atoms with van der Waals surface area (Å²) in [4.78, 5) is 15.4. The van der Waals surface area contributed by atoms with Crippen molar-refractivity contribution in [1.29, 1.82) is 0 Å². The molecular formula is C20H20F3N5S. The Morgan fingerprint density at radius 3 is 2.69 bits per heavy atom. The van der Waals surface area contributed by atoms with Crippen LogP contribution < -0.4 is 5.32 Å². The van der Waals surface area contributed by atoms with Gasteiger partial charge in [0.2, 0.25) is 5.95 Å². The fourth-order valence-corrected chi connectivity index (χ4v) is 4.30. The summed E-state index contributed by atoms with van der Waals surface area (Å²) in [5, 5.41) is 3.96. The number of aryl methyl sites for hydroxylation is 1. The van der Waals surface area contributed by atoms with E-state index in [1.54, 1.807) is 11.3 Å². The molecule has 0 atom stereocenters. The van der Waals surface area contributed by atoms with Gasteiger partial charge in [0.1, 0.15) is 10.7 Å². The highest BCUT2D eigenvalue weighted by Crippen LogP contribution is 2.32. The van der Waals surface area contributed by atoms with Crippen LogP contribution in [0.15, 0.2) is 36.7 Å². The number of hydrogen-bond acceptors (Lipinski definition) is 6. The number of nitrogens with one attached hydrogen (secondary N) is 1. The maximum atomic E-state index is 12.9. The molecule has 3 heterocycles. The lowest BCUT2D eigenvalue weighted by Gasteiger charge is -2.11. The summed E-state index contributed by atoms with van der Waals surface area (Å²) in [6, 6.07) is 6.61. The van der Waals surface area contributed by atoms with Crippen molar-refractivity contribution in [3.8, 4) is 10.4 Å². The number of likely N-dealkylation sites (tertiary alicyclic amines) is 1. The van der Waals surface area contributed by atoms with Gasteiger partial charge < -0.3 is 5.32 Å². The van der Waals surface area contributed by atoms with E-state index >= 15 is 0 Å². The summed E-state index contributed by atoms with van der Waals surface area (Å²) in [7, 11) is 0. The quantitative estimate of drug-likeness (QED) is 0.611. The third-order valence-electron chi connectivity index (χ3n) is 4.68. The van der Waals surface area contributed by atoms with Crippen LogP contribution in [-0.4, -0.2) is 32.9 Å². The molecule has 0 bridgehead atoms. The third kappa shape index (κ3) is 4.91. The SMILES string of the molecule is Cc1cc(Nc2nccc(C(F)(F)F)n2)cc(-c2cnc(CN3CCCC3)s2)c1. The number of alkyl halides is 3. The van der Waals surface area contributed by atoms with Gasteiger partial charge in [0.15, 0.2) is 0 Å². The minimum atomic E-state index is -4.51. The van der Waals surface area contributed by atoms with Gasteiger partial charge in [-0.25, -0.2) is 15.0 Å². The van der Waals surface area contributed by atoms with Gasteiger partial charge in [0.05, 0.1) is 11.4 Å². The molecule has 29 heavy (non-hydrogen) atoms. The van der Waals surface area contributed by atoms with Gasteiger partial charge in [0.25, 0.3) is 0 Å². The van der Waals surface area contributed by atoms with E-state index in [2.05, 4.69) is 25.2 Å². The van der Waals surface area contributed by atoms with E-state index in [1.807, 2.05) is 31.3 Å². The van der Waals surface area contributed by atoms with E-state index in [0.717, 1.165) is 52.9 Å². The molecule has 0 saturated carbocycles. The van der Waals surface area contributed by atoms with Crippen molar-refractivity contribution < 1.29 is 13.2 Å². The van der Waals surface area contributed by atoms with Gasteiger partial charge in [-0.2, -0.15) is 13.2 Å². The van der Waals surface area contributed by atoms with E-state index in [4.69, 9.17) is 0 Å². The molecule has 152 valence electrons. The summed E-state index contributed by atoms with van der Waals surface area (Å²) >= 11 is 1.64. The number of benzene rings is 1. The topological polar surface area (TPSA) is 53.9 Å². The second-order valence-corrected chi connectivity index (χ2v) is 8.19. The lowest BCUT2D eigenvalue weighted by Crippen LogP contribution is -2.17. The van der Waals surface area contributed by atoms with Crippen molar-refractivity contribution in [1.82, 2.24) is 19.9 Å². The van der Waals surface area contributed by atoms with E-state index in [0.29, 0.717) is 5.69 Å². The largest absolute Gasteiger partial charge is 0.433 e. The fourth-order valence-electron chi connectivity index (χ4n) is 3.35. The van der Waals surface area contributed by atoms with Gasteiger partial charge >= 0.3 is 6.18 Å². The van der Waals surface area contributed by atoms with Crippen molar-refractivity contribution in [2.24, 2.45) is 0 Å². The zero-order valence-corrected chi connectivity index (χ0v) is 16.6. The number of aromatic nitrogens is 3. The molecule has 0 unspecified atom stereocenters. The molecule has 2 aromatic heterocycles. The molecule has 4 rings (SSSR count). The molecule has 0 spiro atoms. The maximum absolute atomic E-state index is 12.9. The Bertz CT molecular complexity index is 996. The van der Waals surface area contributed by atoms with Crippen LogP contribution in [0.25, 0.3) is 10.4 Å². The zero-order valence-electron chi connectivity index (χ0n) is 15.8. The summed E-state index contributed by atoms with van der Waals surface area (Å²) in [6.45, 7) is 5.03. The van der Waals surface area contributed by atoms with Gasteiger partial charge in [-0.1, -0.05) is 6.07 Å². The first-order chi connectivity index (χ1) is 13.9. The second-order valence-electron chi connectivity index (χ2n) is 7.08. The first-order valence-corrected chi connectivity index (χ1v) is 10.1. The maximum Gasteiger partial charge on any atom is 0.433 e. The molecule has 5 nitrogen and oxygen atoms in total. The summed E-state index contributed by atoms with van der Waals surface area (Å²) in [6.07, 6.45) is 0.926. The van der Waals surface area contributed by atoms with E-state index < -0.39 is 11.9 Å². The van der Waals surface area contributed by atoms with Crippen molar-refractivity contribution >= 4 is 23.0 Å². The lowest BCUT2D eigenvalue weighted by atomic mass is 10.1. The molecule has 1 fully saturated rings. The van der Waals surface area contributed by atoms with Gasteiger partial charge in [-0.3, -0.25) is 4.90 Å². The molecule has 1 N–H and O–H groups in total. The van der Waals surface area contributed by atoms with Gasteiger partial charge in [-0.15, -0.1) is 11.3 Å². The molecule has 9 heteroatoms. The minimum Gasteiger partial charge on any atom is -0.324 e. The van der Waals surface area contributed by atoms with E-state index in [-0.39, 0.29) is 5.95 Å². The summed E-state index contributed by atoms with van der Waals surface area (Å²) < 4.78 is 38.6. The Morgan fingerprint density at radius 2 is 1.93 bits per heavy atom. The third-order valence-corrected chi connectivity index (χ3v) is 5.71. The van der Waals surface area contributed by atoms with Gasteiger partial charge in [-0.05, 0) is 62.2 Å². The van der Waals surface area contributed by atoms with Crippen LogP contribution >= 0.6 is 11.3 Å². The summed E-state index contributed by atoms with van der Waals surface area (Å²) in [5.74, 6) is -0.0876. The monoisotopic (exact) mass is 419 g/mol. The number of nitrogens with zero attached hydrogens (tertiary/aromatic N) is 4. The smallest absolute Gasteiger partial charge is 0.324 e. The number of halogens is 3. The highest BCUT2D eigenvalue weighted by molar-refractivity contribution is 7.15. The van der Waals surface area contributed by atoms with Crippen molar-refractivity contribution in [3.05, 3.63) is 52.9 Å². The predicted molar refractivity (Wildman–Crippen MR) is 107 cm³/mol. The number of anilines is 2. The second kappa shape index (κ2) is 8.08. The van der Waals surface area contributed by atoms with E-state index in [1.165, 1.54) is 12.8 Å². The Kier molecular flexibility index (Phi) is 5.51. The molecule has 1 aliphatic heterocycles. The Balaban J connectivity index is 1.54. The highest BCUT2D eigenvalue weighted by Gasteiger charge is 2.32. The predicted octanol–water partition coefficient (Wildman–Crippen LogP) is 5.27. The van der Waals surface area contributed by atoms with Crippen LogP contribution in [0.3, 0.4) is 0 Å². The van der Waals surface area contributed by atoms with Crippen molar-refractivity contribution in [2.45, 2.75) is 32.5 Å². The lowest BCUT2D eigenvalue weighted by molar-refractivity contribution is -0.141. The van der Waals surface area contributed by atoms with Crippen LogP contribution in [0, 0.1) is 6.92 Å². The zero-order chi connectivity index (χ0) is 20.4. The van der Waals surface area contributed by atoms with Crippen molar-refractivity contribution in [2.75, 3.05) is 18.4 Å². The van der Waals surface area contributed by atoms with E-state index in [9.17, 15) is 13.2 Å². The molecule has 0 aliphatic carbocycles. The van der Waals surface area contributed by atoms with Gasteiger partial charge in [0, 0.05) is 18.1 Å². The van der Waals surface area contributed by atoms with Crippen LogP contribution in [-0.2, 0) is 12.7 Å². The Morgan fingerprint density at radius 1 is 1.14 bits per heavy atom. The molecule has 0 radical (unpaired) electrons. The molecule has 3 aromatic rings. The van der Waals surface area contributed by atoms with Crippen LogP contribution in [0.1, 0.15) is 29.1 Å². The average molecular weight is 419 g/mol. The average Bonchev–Trinajstić information content (AvgIpc) is 3.33. The molecule has 0 amide bonds. The highest BCUT2D eigenvalue weighted by atomic mass is 32.1. The Hall–Kier alpha value is -2.52. The Labute approximate surface area is 170 Å². The van der Waals surface area contributed by atoms with Crippen molar-refractivity contribution in [3.63, 3.8) is 0 Å². The minimum absolute atomic E-state index is 0.0876. The van der Waals surface area contributed by atoms with Crippen LogP contribution in [0.4, 0.5) is 24.8 Å². The molecular weight excluding hydrogens is 399 g/mol. The normalized spacial score (nSPS) is 15.0. The first kappa shape index (κ1) is 19.8. The first-order valence-electron chi connectivity index (χ1n) is 9.33. The molecule has 1 aliphatic rings.